The van der Waals surface area contributed by atoms with Gasteiger partial charge in [0.2, 0.25) is 0 Å². The van der Waals surface area contributed by atoms with Gasteiger partial charge in [0, 0.05) is 0 Å². The summed E-state index contributed by atoms with van der Waals surface area (Å²) < 4.78 is 32.0. The molecule has 0 bridgehead atoms. The van der Waals surface area contributed by atoms with Gasteiger partial charge in [0.1, 0.15) is 12.4 Å². The largest absolute Gasteiger partial charge is 0.486 e. The van der Waals surface area contributed by atoms with Crippen molar-refractivity contribution >= 4 is 0 Å². The molecule has 0 aliphatic heterocycles. The summed E-state index contributed by atoms with van der Waals surface area (Å²) in [5.41, 5.74) is 1.56. The summed E-state index contributed by atoms with van der Waals surface area (Å²) in [7, 11) is 0. The van der Waals surface area contributed by atoms with Crippen LogP contribution in [0.5, 0.6) is 5.75 Å². The molecule has 96 valence electrons. The van der Waals surface area contributed by atoms with Gasteiger partial charge in [0.25, 0.3) is 0 Å². The highest BCUT2D eigenvalue weighted by Crippen LogP contribution is 2.20. The molecular weight excluding hydrogens is 248 g/mol. The summed E-state index contributed by atoms with van der Waals surface area (Å²) in [6.45, 7) is 1.83. The molecular formula is C15H11F2NO. The second kappa shape index (κ2) is 5.49. The third kappa shape index (κ3) is 3.29. The van der Waals surface area contributed by atoms with Crippen molar-refractivity contribution in [1.29, 1.82) is 5.26 Å². The van der Waals surface area contributed by atoms with Crippen LogP contribution in [0, 0.1) is 29.9 Å². The van der Waals surface area contributed by atoms with Crippen LogP contribution in [0.15, 0.2) is 36.4 Å². The molecule has 0 saturated heterocycles. The zero-order valence-corrected chi connectivity index (χ0v) is 10.3. The van der Waals surface area contributed by atoms with Gasteiger partial charge in [0.05, 0.1) is 11.6 Å². The first-order valence-electron chi connectivity index (χ1n) is 5.67. The van der Waals surface area contributed by atoms with E-state index in [2.05, 4.69) is 0 Å². The van der Waals surface area contributed by atoms with Crippen molar-refractivity contribution in [3.8, 4) is 11.8 Å². The molecule has 0 saturated carbocycles. The van der Waals surface area contributed by atoms with Crippen molar-refractivity contribution in [3.05, 3.63) is 64.7 Å². The highest BCUT2D eigenvalue weighted by molar-refractivity contribution is 5.34. The van der Waals surface area contributed by atoms with E-state index in [1.807, 2.05) is 13.0 Å². The zero-order chi connectivity index (χ0) is 13.8. The Kier molecular flexibility index (Phi) is 3.76. The number of nitriles is 1. The standard InChI is InChI=1S/C15H11F2NO/c1-10-2-3-14(17)15(4-10)19-9-12-5-11(8-18)6-13(16)7-12/h2-7H,9H2,1H3. The van der Waals surface area contributed by atoms with E-state index in [1.54, 1.807) is 12.1 Å². The maximum atomic E-state index is 13.4. The minimum absolute atomic E-state index is 0.00676. The van der Waals surface area contributed by atoms with Gasteiger partial charge < -0.3 is 4.74 Å². The topological polar surface area (TPSA) is 33.0 Å². The van der Waals surface area contributed by atoms with Gasteiger partial charge in [-0.3, -0.25) is 0 Å². The number of rotatable bonds is 3. The van der Waals surface area contributed by atoms with Gasteiger partial charge in [-0.1, -0.05) is 6.07 Å². The lowest BCUT2D eigenvalue weighted by Crippen LogP contribution is -1.99. The van der Waals surface area contributed by atoms with Gasteiger partial charge in [-0.2, -0.15) is 5.26 Å². The van der Waals surface area contributed by atoms with Crippen LogP contribution >= 0.6 is 0 Å². The highest BCUT2D eigenvalue weighted by Gasteiger charge is 2.05. The molecule has 0 N–H and O–H groups in total. The third-order valence-corrected chi connectivity index (χ3v) is 2.57. The van der Waals surface area contributed by atoms with Crippen LogP contribution in [0.2, 0.25) is 0 Å². The van der Waals surface area contributed by atoms with Crippen LogP contribution in [0.3, 0.4) is 0 Å². The van der Waals surface area contributed by atoms with Crippen molar-refractivity contribution in [2.24, 2.45) is 0 Å². The van der Waals surface area contributed by atoms with Crippen LogP contribution in [0.1, 0.15) is 16.7 Å². The van der Waals surface area contributed by atoms with E-state index < -0.39 is 11.6 Å². The Morgan fingerprint density at radius 1 is 1.16 bits per heavy atom. The molecule has 0 aliphatic carbocycles. The van der Waals surface area contributed by atoms with Crippen LogP contribution in [0.4, 0.5) is 8.78 Å². The summed E-state index contributed by atoms with van der Waals surface area (Å²) in [5, 5.41) is 8.73. The fraction of sp³-hybridized carbons (Fsp3) is 0.133. The molecule has 4 heteroatoms. The lowest BCUT2D eigenvalue weighted by atomic mass is 10.1. The summed E-state index contributed by atoms with van der Waals surface area (Å²) in [6.07, 6.45) is 0. The molecule has 19 heavy (non-hydrogen) atoms. The van der Waals surface area contributed by atoms with Gasteiger partial charge >= 0.3 is 0 Å². The van der Waals surface area contributed by atoms with Crippen LogP contribution in [0.25, 0.3) is 0 Å². The molecule has 0 atom stereocenters. The Balaban J connectivity index is 2.17. The van der Waals surface area contributed by atoms with Crippen LogP contribution in [-0.4, -0.2) is 0 Å². The zero-order valence-electron chi connectivity index (χ0n) is 10.3. The van der Waals surface area contributed by atoms with Crippen LogP contribution < -0.4 is 4.74 Å². The number of hydrogen-bond donors (Lipinski definition) is 0. The second-order valence-corrected chi connectivity index (χ2v) is 4.18. The normalized spacial score (nSPS) is 10.0. The Labute approximate surface area is 109 Å². The molecule has 0 amide bonds. The molecule has 0 heterocycles. The maximum absolute atomic E-state index is 13.4. The summed E-state index contributed by atoms with van der Waals surface area (Å²) in [5.74, 6) is -0.868. The summed E-state index contributed by atoms with van der Waals surface area (Å²) in [4.78, 5) is 0. The van der Waals surface area contributed by atoms with E-state index in [4.69, 9.17) is 10.00 Å². The van der Waals surface area contributed by atoms with Crippen molar-refractivity contribution in [3.63, 3.8) is 0 Å². The highest BCUT2D eigenvalue weighted by atomic mass is 19.1. The van der Waals surface area contributed by atoms with Crippen molar-refractivity contribution in [2.45, 2.75) is 13.5 Å². The number of halogens is 2. The van der Waals surface area contributed by atoms with Gasteiger partial charge in [-0.05, 0) is 48.4 Å². The van der Waals surface area contributed by atoms with Crippen LogP contribution in [-0.2, 0) is 6.61 Å². The molecule has 2 nitrogen and oxygen atoms in total. The number of ether oxygens (including phenoxy) is 1. The average molecular weight is 259 g/mol. The number of benzene rings is 2. The molecule has 2 aromatic carbocycles. The Bertz CT molecular complexity index is 647. The number of hydrogen-bond acceptors (Lipinski definition) is 2. The lowest BCUT2D eigenvalue weighted by molar-refractivity contribution is 0.289. The fourth-order valence-corrected chi connectivity index (χ4v) is 1.68. The van der Waals surface area contributed by atoms with E-state index in [0.29, 0.717) is 5.56 Å². The number of nitrogens with zero attached hydrogens (tertiary/aromatic N) is 1. The first kappa shape index (κ1) is 13.0. The number of aryl methyl sites for hydroxylation is 1. The summed E-state index contributed by atoms with van der Waals surface area (Å²) in [6, 6.07) is 10.3. The maximum Gasteiger partial charge on any atom is 0.165 e. The Morgan fingerprint density at radius 2 is 1.95 bits per heavy atom. The first-order valence-corrected chi connectivity index (χ1v) is 5.67. The molecule has 0 unspecified atom stereocenters. The minimum atomic E-state index is -0.512. The quantitative estimate of drug-likeness (QED) is 0.841. The molecule has 2 aromatic rings. The smallest absolute Gasteiger partial charge is 0.165 e. The molecule has 0 fully saturated rings. The summed E-state index contributed by atoms with van der Waals surface area (Å²) >= 11 is 0. The predicted molar refractivity (Wildman–Crippen MR) is 66.6 cm³/mol. The van der Waals surface area contributed by atoms with E-state index in [1.165, 1.54) is 18.2 Å². The predicted octanol–water partition coefficient (Wildman–Crippen LogP) is 3.72. The molecule has 0 spiro atoms. The first-order chi connectivity index (χ1) is 9.08. The van der Waals surface area contributed by atoms with E-state index in [0.717, 1.165) is 11.6 Å². The Morgan fingerprint density at radius 3 is 2.68 bits per heavy atom. The van der Waals surface area contributed by atoms with E-state index in [9.17, 15) is 8.78 Å². The Hall–Kier alpha value is -2.41. The van der Waals surface area contributed by atoms with Crippen molar-refractivity contribution < 1.29 is 13.5 Å². The monoisotopic (exact) mass is 259 g/mol. The fourth-order valence-electron chi connectivity index (χ4n) is 1.68. The second-order valence-electron chi connectivity index (χ2n) is 4.18. The van der Waals surface area contributed by atoms with E-state index >= 15 is 0 Å². The minimum Gasteiger partial charge on any atom is -0.486 e. The molecule has 0 aromatic heterocycles. The van der Waals surface area contributed by atoms with Crippen molar-refractivity contribution in [2.75, 3.05) is 0 Å². The van der Waals surface area contributed by atoms with Gasteiger partial charge in [0.15, 0.2) is 11.6 Å². The third-order valence-electron chi connectivity index (χ3n) is 2.57. The van der Waals surface area contributed by atoms with E-state index in [-0.39, 0.29) is 17.9 Å². The lowest BCUT2D eigenvalue weighted by Gasteiger charge is -2.08. The SMILES string of the molecule is Cc1ccc(F)c(OCc2cc(F)cc(C#N)c2)c1. The van der Waals surface area contributed by atoms with Gasteiger partial charge in [-0.25, -0.2) is 8.78 Å². The molecule has 0 aliphatic rings. The molecule has 0 radical (unpaired) electrons. The molecule has 2 rings (SSSR count). The average Bonchev–Trinajstić information content (AvgIpc) is 2.39. The van der Waals surface area contributed by atoms with Gasteiger partial charge in [-0.15, -0.1) is 0 Å². The van der Waals surface area contributed by atoms with Crippen molar-refractivity contribution in [1.82, 2.24) is 0 Å².